The topological polar surface area (TPSA) is 83.8 Å². The maximum Gasteiger partial charge on any atom is 0.330 e. The van der Waals surface area contributed by atoms with Crippen molar-refractivity contribution in [2.24, 2.45) is 16.7 Å². The van der Waals surface area contributed by atoms with E-state index >= 15 is 0 Å². The summed E-state index contributed by atoms with van der Waals surface area (Å²) in [6.45, 7) is 21.0. The lowest BCUT2D eigenvalue weighted by atomic mass is 9.67. The number of Topliss-reactive ketones (excluding diaryl/α,β-unsaturated/α-hetero) is 1. The number of esters is 1. The number of hydrogen-bond acceptors (Lipinski definition) is 5. The molecule has 0 saturated carbocycles. The molecule has 0 bridgehead atoms. The molecule has 0 aromatic rings. The third kappa shape index (κ3) is 19.5. The molecular formula is C52H76O5. The lowest BCUT2D eigenvalue weighted by Gasteiger charge is -2.38. The van der Waals surface area contributed by atoms with Crippen molar-refractivity contribution in [3.8, 4) is 0 Å². The number of hydrogen-bond donors (Lipinski definition) is 2. The van der Waals surface area contributed by atoms with Crippen molar-refractivity contribution in [1.29, 1.82) is 0 Å². The minimum Gasteiger partial charge on any atom is -0.458 e. The molecule has 0 radical (unpaired) electrons. The van der Waals surface area contributed by atoms with E-state index < -0.39 is 12.1 Å². The van der Waals surface area contributed by atoms with Crippen LogP contribution in [0.15, 0.2) is 130 Å². The molecule has 0 amide bonds. The molecular weight excluding hydrogens is 705 g/mol. The third-order valence-electron chi connectivity index (χ3n) is 11.2. The molecule has 2 rings (SSSR count). The summed E-state index contributed by atoms with van der Waals surface area (Å²) in [6.07, 6.45) is 40.5. The second-order valence-corrected chi connectivity index (χ2v) is 17.8. The van der Waals surface area contributed by atoms with Gasteiger partial charge in [-0.15, -0.1) is 0 Å². The van der Waals surface area contributed by atoms with Crippen LogP contribution in [0.2, 0.25) is 0 Å². The van der Waals surface area contributed by atoms with Crippen LogP contribution in [0.4, 0.5) is 0 Å². The standard InChI is InChI=1S/C52H76O5/c1-11-12-13-14-15-16-17-18-19-30-50(56)57-38-44(49(55)35-48-43(6)34-46(54)37-52(48,9)10)29-23-28-40(3)25-21-20-24-39(2)26-22-27-41(4)31-32-47-42(5)33-45(53)36-51(47,7)8/h19-33,45-47,53-54H,11-18,34-38H2,1-10H3/b21-20+,26-22+,28-23+,30-19-,32-31+,39-24+,40-25+,41-27+,44-29+/t45-,46+,47-/m0/s1. The minimum atomic E-state index is -0.437. The number of ketones is 1. The minimum absolute atomic E-state index is 0.0219. The monoisotopic (exact) mass is 781 g/mol. The molecule has 0 saturated heterocycles. The maximum absolute atomic E-state index is 13.7. The van der Waals surface area contributed by atoms with E-state index in [1.807, 2.05) is 56.4 Å². The summed E-state index contributed by atoms with van der Waals surface area (Å²) in [6, 6.07) is 0. The van der Waals surface area contributed by atoms with Crippen molar-refractivity contribution in [2.45, 2.75) is 158 Å². The van der Waals surface area contributed by atoms with Gasteiger partial charge in [0.2, 0.25) is 0 Å². The smallest absolute Gasteiger partial charge is 0.330 e. The first-order valence-corrected chi connectivity index (χ1v) is 21.5. The van der Waals surface area contributed by atoms with Gasteiger partial charge in [0.15, 0.2) is 5.78 Å². The molecule has 0 unspecified atom stereocenters. The maximum atomic E-state index is 13.7. The van der Waals surface area contributed by atoms with Crippen LogP contribution < -0.4 is 0 Å². The Labute approximate surface area is 347 Å². The van der Waals surface area contributed by atoms with E-state index in [0.29, 0.717) is 24.3 Å². The normalized spacial score (nSPS) is 22.5. The number of carbonyl (C=O) groups excluding carboxylic acids is 2. The Balaban J connectivity index is 2.05. The first-order chi connectivity index (χ1) is 26.9. The van der Waals surface area contributed by atoms with Crippen LogP contribution >= 0.6 is 0 Å². The second-order valence-electron chi connectivity index (χ2n) is 17.8. The fraction of sp³-hybridized carbons (Fsp3) is 0.538. The van der Waals surface area contributed by atoms with Gasteiger partial charge in [-0.2, -0.15) is 0 Å². The molecule has 2 aliphatic carbocycles. The van der Waals surface area contributed by atoms with Crippen LogP contribution in [0.3, 0.4) is 0 Å². The molecule has 57 heavy (non-hydrogen) atoms. The van der Waals surface area contributed by atoms with Crippen molar-refractivity contribution in [1.82, 2.24) is 0 Å². The zero-order chi connectivity index (χ0) is 42.4. The number of allylic oxidation sites excluding steroid dienone is 18. The van der Waals surface area contributed by atoms with Crippen molar-refractivity contribution in [2.75, 3.05) is 6.61 Å². The quantitative estimate of drug-likeness (QED) is 0.0376. The predicted molar refractivity (Wildman–Crippen MR) is 242 cm³/mol. The lowest BCUT2D eigenvalue weighted by molar-refractivity contribution is -0.137. The highest BCUT2D eigenvalue weighted by molar-refractivity contribution is 5.98. The van der Waals surface area contributed by atoms with Crippen LogP contribution in [-0.2, 0) is 14.3 Å². The molecule has 5 nitrogen and oxygen atoms in total. The van der Waals surface area contributed by atoms with Gasteiger partial charge in [-0.3, -0.25) is 4.79 Å². The van der Waals surface area contributed by atoms with Gasteiger partial charge in [0.25, 0.3) is 0 Å². The van der Waals surface area contributed by atoms with Crippen molar-refractivity contribution < 1.29 is 24.5 Å². The van der Waals surface area contributed by atoms with E-state index in [4.69, 9.17) is 4.74 Å². The fourth-order valence-electron chi connectivity index (χ4n) is 7.98. The number of unbranched alkanes of at least 4 members (excludes halogenated alkanes) is 7. The Morgan fingerprint density at radius 3 is 1.96 bits per heavy atom. The van der Waals surface area contributed by atoms with Crippen molar-refractivity contribution in [3.63, 3.8) is 0 Å². The zero-order valence-electron chi connectivity index (χ0n) is 37.2. The van der Waals surface area contributed by atoms with E-state index in [2.05, 4.69) is 91.8 Å². The molecule has 0 fully saturated rings. The molecule has 314 valence electrons. The van der Waals surface area contributed by atoms with Gasteiger partial charge in [0, 0.05) is 24.0 Å². The van der Waals surface area contributed by atoms with E-state index in [0.717, 1.165) is 41.6 Å². The number of rotatable bonds is 22. The highest BCUT2D eigenvalue weighted by atomic mass is 16.5. The van der Waals surface area contributed by atoms with Gasteiger partial charge < -0.3 is 14.9 Å². The van der Waals surface area contributed by atoms with Crippen LogP contribution in [0.5, 0.6) is 0 Å². The molecule has 0 aromatic heterocycles. The Kier molecular flexibility index (Phi) is 22.1. The number of ether oxygens (including phenoxy) is 1. The third-order valence-corrected chi connectivity index (χ3v) is 11.2. The van der Waals surface area contributed by atoms with Gasteiger partial charge in [-0.25, -0.2) is 4.79 Å². The van der Waals surface area contributed by atoms with Gasteiger partial charge in [0.05, 0.1) is 12.2 Å². The summed E-state index contributed by atoms with van der Waals surface area (Å²) in [4.78, 5) is 26.3. The van der Waals surface area contributed by atoms with Gasteiger partial charge in [-0.05, 0) is 77.6 Å². The molecule has 2 aliphatic rings. The Hall–Kier alpha value is -3.80. The van der Waals surface area contributed by atoms with Crippen LogP contribution in [0.25, 0.3) is 0 Å². The van der Waals surface area contributed by atoms with Gasteiger partial charge >= 0.3 is 5.97 Å². The molecule has 0 spiro atoms. The molecule has 3 atom stereocenters. The summed E-state index contributed by atoms with van der Waals surface area (Å²) in [5, 5.41) is 20.5. The average molecular weight is 781 g/mol. The van der Waals surface area contributed by atoms with E-state index in [9.17, 15) is 19.8 Å². The molecule has 2 N–H and O–H groups in total. The lowest BCUT2D eigenvalue weighted by Crippen LogP contribution is -2.32. The van der Waals surface area contributed by atoms with Gasteiger partial charge in [0.1, 0.15) is 6.61 Å². The highest BCUT2D eigenvalue weighted by Gasteiger charge is 2.35. The first kappa shape index (κ1) is 49.3. The predicted octanol–water partition coefficient (Wildman–Crippen LogP) is 13.0. The number of aliphatic hydroxyl groups excluding tert-OH is 2. The summed E-state index contributed by atoms with van der Waals surface area (Å²) in [5.41, 5.74) is 6.82. The van der Waals surface area contributed by atoms with Crippen molar-refractivity contribution in [3.05, 3.63) is 130 Å². The Morgan fingerprint density at radius 2 is 1.35 bits per heavy atom. The van der Waals surface area contributed by atoms with Gasteiger partial charge in [-0.1, -0.05) is 192 Å². The largest absolute Gasteiger partial charge is 0.458 e. The van der Waals surface area contributed by atoms with E-state index in [1.165, 1.54) is 55.7 Å². The summed E-state index contributed by atoms with van der Waals surface area (Å²) >= 11 is 0. The molecule has 0 aliphatic heterocycles. The molecule has 0 heterocycles. The van der Waals surface area contributed by atoms with Crippen LogP contribution in [0.1, 0.15) is 146 Å². The Morgan fingerprint density at radius 1 is 0.772 bits per heavy atom. The summed E-state index contributed by atoms with van der Waals surface area (Å²) < 4.78 is 5.58. The van der Waals surface area contributed by atoms with Crippen LogP contribution in [-0.4, -0.2) is 40.8 Å². The SMILES string of the molecule is CCCCCCCCC/C=C\C(=O)OC\C(=C/C=C/C(C)=C/C=C/C=C(C)/C=C/C=C(C)/C=C/[C@H]1C(C)=C[C@H](O)CC1(C)C)C(=O)CC1=C(C)C[C@@H](O)CC1(C)C. The zero-order valence-corrected chi connectivity index (χ0v) is 37.2. The van der Waals surface area contributed by atoms with E-state index in [-0.39, 0.29) is 35.7 Å². The highest BCUT2D eigenvalue weighted by Crippen LogP contribution is 2.43. The average Bonchev–Trinajstić information content (AvgIpc) is 3.11. The fourth-order valence-corrected chi connectivity index (χ4v) is 7.98. The van der Waals surface area contributed by atoms with Crippen LogP contribution in [0, 0.1) is 16.7 Å². The molecule has 0 aromatic carbocycles. The summed E-state index contributed by atoms with van der Waals surface area (Å²) in [7, 11) is 0. The molecule has 5 heteroatoms. The summed E-state index contributed by atoms with van der Waals surface area (Å²) in [5.74, 6) is -0.199. The number of carbonyl (C=O) groups is 2. The van der Waals surface area contributed by atoms with Crippen molar-refractivity contribution >= 4 is 11.8 Å². The second kappa shape index (κ2) is 25.5. The van der Waals surface area contributed by atoms with E-state index in [1.54, 1.807) is 6.08 Å². The number of aliphatic hydroxyl groups is 2. The first-order valence-electron chi connectivity index (χ1n) is 21.5. The Bertz CT molecular complexity index is 1660.